The smallest absolute Gasteiger partial charge is 0.393 e. The van der Waals surface area contributed by atoms with Crippen LogP contribution in [0.3, 0.4) is 0 Å². The van der Waals surface area contributed by atoms with Crippen LogP contribution in [0, 0.1) is 5.82 Å². The number of rotatable bonds is 3. The molecule has 1 saturated carbocycles. The molecule has 2 aromatic rings. The zero-order chi connectivity index (χ0) is 22.6. The maximum Gasteiger partial charge on any atom is 0.416 e. The number of nitrogens with one attached hydrogen (secondary N) is 2. The molecular formula is C21H20ClF4N3O2. The van der Waals surface area contributed by atoms with Gasteiger partial charge in [0, 0.05) is 11.3 Å². The summed E-state index contributed by atoms with van der Waals surface area (Å²) in [4.78, 5) is 17.0. The number of aliphatic imine (C=N–C) groups is 1. The molecule has 3 N–H and O–H groups in total. The van der Waals surface area contributed by atoms with Crippen molar-refractivity contribution in [3.8, 4) is 0 Å². The number of amides is 1. The molecule has 0 bridgehead atoms. The van der Waals surface area contributed by atoms with Crippen LogP contribution < -0.4 is 10.6 Å². The van der Waals surface area contributed by atoms with Crippen LogP contribution in [0.4, 0.5) is 23.2 Å². The van der Waals surface area contributed by atoms with Gasteiger partial charge in [-0.2, -0.15) is 13.2 Å². The molecule has 0 unspecified atom stereocenters. The van der Waals surface area contributed by atoms with E-state index < -0.39 is 29.6 Å². The molecule has 1 amide bonds. The van der Waals surface area contributed by atoms with Crippen molar-refractivity contribution in [1.82, 2.24) is 5.32 Å². The second-order valence-electron chi connectivity index (χ2n) is 7.22. The quantitative estimate of drug-likeness (QED) is 0.345. The predicted molar refractivity (Wildman–Crippen MR) is 110 cm³/mol. The van der Waals surface area contributed by atoms with Crippen LogP contribution in [0.1, 0.15) is 41.6 Å². The molecule has 3 rings (SSSR count). The van der Waals surface area contributed by atoms with Gasteiger partial charge in [-0.1, -0.05) is 11.6 Å². The number of benzene rings is 2. The van der Waals surface area contributed by atoms with Gasteiger partial charge in [0.05, 0.1) is 22.7 Å². The Morgan fingerprint density at radius 3 is 2.29 bits per heavy atom. The number of nitrogens with zero attached hydrogens (tertiary/aromatic N) is 1. The van der Waals surface area contributed by atoms with Gasteiger partial charge in [0.2, 0.25) is 5.96 Å². The van der Waals surface area contributed by atoms with Crippen molar-refractivity contribution in [1.29, 1.82) is 0 Å². The highest BCUT2D eigenvalue weighted by Gasteiger charge is 2.30. The van der Waals surface area contributed by atoms with E-state index in [0.29, 0.717) is 25.7 Å². The first-order chi connectivity index (χ1) is 14.6. The van der Waals surface area contributed by atoms with Crippen molar-refractivity contribution in [2.24, 2.45) is 4.99 Å². The van der Waals surface area contributed by atoms with Crippen LogP contribution in [0.2, 0.25) is 5.02 Å². The van der Waals surface area contributed by atoms with Crippen LogP contribution in [0.5, 0.6) is 0 Å². The molecule has 0 aliphatic heterocycles. The van der Waals surface area contributed by atoms with E-state index >= 15 is 0 Å². The summed E-state index contributed by atoms with van der Waals surface area (Å²) >= 11 is 5.69. The molecule has 0 aromatic heterocycles. The summed E-state index contributed by atoms with van der Waals surface area (Å²) in [5.41, 5.74) is -0.582. The van der Waals surface area contributed by atoms with Gasteiger partial charge < -0.3 is 10.4 Å². The number of aliphatic hydroxyl groups excluding tert-OH is 1. The summed E-state index contributed by atoms with van der Waals surface area (Å²) in [6, 6.07) is 7.54. The molecule has 31 heavy (non-hydrogen) atoms. The molecule has 0 spiro atoms. The molecule has 0 atom stereocenters. The van der Waals surface area contributed by atoms with E-state index in [1.165, 1.54) is 12.1 Å². The van der Waals surface area contributed by atoms with Gasteiger partial charge in [0.25, 0.3) is 5.91 Å². The number of anilines is 1. The number of guanidine groups is 1. The molecule has 0 saturated heterocycles. The molecule has 166 valence electrons. The molecule has 1 fully saturated rings. The summed E-state index contributed by atoms with van der Waals surface area (Å²) in [7, 11) is 0. The van der Waals surface area contributed by atoms with E-state index in [4.69, 9.17) is 11.6 Å². The molecule has 2 aromatic carbocycles. The minimum Gasteiger partial charge on any atom is -0.393 e. The lowest BCUT2D eigenvalue weighted by Gasteiger charge is -2.23. The molecular weight excluding hydrogens is 438 g/mol. The number of hydrogen-bond donors (Lipinski definition) is 3. The lowest BCUT2D eigenvalue weighted by molar-refractivity contribution is -0.137. The van der Waals surface area contributed by atoms with Crippen molar-refractivity contribution < 1.29 is 27.5 Å². The fraction of sp³-hybridized carbons (Fsp3) is 0.333. The molecule has 1 aliphatic rings. The normalized spacial score (nSPS) is 19.7. The van der Waals surface area contributed by atoms with Crippen molar-refractivity contribution in [3.63, 3.8) is 0 Å². The first-order valence-corrected chi connectivity index (χ1v) is 9.96. The summed E-state index contributed by atoms with van der Waals surface area (Å²) in [6.45, 7) is 0. The van der Waals surface area contributed by atoms with E-state index in [2.05, 4.69) is 15.6 Å². The average Bonchev–Trinajstić information content (AvgIpc) is 2.72. The SMILES string of the molecule is O=C(NC(=NC1CCC(O)CC1)Nc1ccc(Cl)c(F)c1)c1ccc(C(F)(F)F)cc1. The fourth-order valence-corrected chi connectivity index (χ4v) is 3.28. The minimum atomic E-state index is -4.51. The number of aliphatic hydroxyl groups is 1. The van der Waals surface area contributed by atoms with Crippen LogP contribution in [0.15, 0.2) is 47.5 Å². The van der Waals surface area contributed by atoms with E-state index in [0.717, 1.165) is 30.3 Å². The number of carbonyl (C=O) groups is 1. The minimum absolute atomic E-state index is 0.00357. The van der Waals surface area contributed by atoms with Gasteiger partial charge >= 0.3 is 6.18 Å². The highest BCUT2D eigenvalue weighted by Crippen LogP contribution is 2.29. The van der Waals surface area contributed by atoms with Crippen LogP contribution in [0.25, 0.3) is 0 Å². The second kappa shape index (κ2) is 9.65. The van der Waals surface area contributed by atoms with Crippen molar-refractivity contribution in [3.05, 3.63) is 64.4 Å². The van der Waals surface area contributed by atoms with Crippen molar-refractivity contribution >= 4 is 29.2 Å². The Morgan fingerprint density at radius 1 is 1.06 bits per heavy atom. The first kappa shape index (κ1) is 23.0. The second-order valence-corrected chi connectivity index (χ2v) is 7.63. The topological polar surface area (TPSA) is 73.7 Å². The molecule has 0 heterocycles. The lowest BCUT2D eigenvalue weighted by Crippen LogP contribution is -2.37. The Labute approximate surface area is 181 Å². The summed E-state index contributed by atoms with van der Waals surface area (Å²) in [5.74, 6) is -1.32. The van der Waals surface area contributed by atoms with Gasteiger partial charge in [0.1, 0.15) is 5.82 Å². The number of alkyl halides is 3. The Balaban J connectivity index is 1.79. The zero-order valence-electron chi connectivity index (χ0n) is 16.2. The molecule has 10 heteroatoms. The molecule has 5 nitrogen and oxygen atoms in total. The molecule has 1 aliphatic carbocycles. The van der Waals surface area contributed by atoms with Crippen LogP contribution in [-0.4, -0.2) is 29.1 Å². The maximum atomic E-state index is 13.8. The van der Waals surface area contributed by atoms with Gasteiger partial charge in [-0.25, -0.2) is 9.38 Å². The van der Waals surface area contributed by atoms with E-state index in [9.17, 15) is 27.5 Å². The first-order valence-electron chi connectivity index (χ1n) is 9.58. The maximum absolute atomic E-state index is 13.8. The Bertz CT molecular complexity index is 956. The Kier molecular flexibility index (Phi) is 7.17. The standard InChI is InChI=1S/C21H20ClF4N3O2/c22-17-10-7-15(11-18(17)23)28-20(27-14-5-8-16(30)9-6-14)29-19(31)12-1-3-13(4-2-12)21(24,25)26/h1-4,7,10-11,14,16,30H,5-6,8-9H2,(H2,27,28,29,31). The van der Waals surface area contributed by atoms with Crippen molar-refractivity contribution in [2.45, 2.75) is 44.0 Å². The molecule has 0 radical (unpaired) electrons. The largest absolute Gasteiger partial charge is 0.416 e. The van der Waals surface area contributed by atoms with Crippen molar-refractivity contribution in [2.75, 3.05) is 5.32 Å². The third-order valence-corrected chi connectivity index (χ3v) is 5.17. The van der Waals surface area contributed by atoms with Crippen LogP contribution in [-0.2, 0) is 6.18 Å². The van der Waals surface area contributed by atoms with E-state index in [-0.39, 0.29) is 28.3 Å². The van der Waals surface area contributed by atoms with E-state index in [1.807, 2.05) is 0 Å². The summed E-state index contributed by atoms with van der Waals surface area (Å²) < 4.78 is 52.0. The van der Waals surface area contributed by atoms with Crippen LogP contribution >= 0.6 is 11.6 Å². The average molecular weight is 458 g/mol. The third-order valence-electron chi connectivity index (χ3n) is 4.87. The van der Waals surface area contributed by atoms with E-state index in [1.54, 1.807) is 0 Å². The predicted octanol–water partition coefficient (Wildman–Crippen LogP) is 5.00. The zero-order valence-corrected chi connectivity index (χ0v) is 17.0. The Hall–Kier alpha value is -2.65. The van der Waals surface area contributed by atoms with Gasteiger partial charge in [0.15, 0.2) is 0 Å². The third kappa shape index (κ3) is 6.41. The summed E-state index contributed by atoms with van der Waals surface area (Å²) in [6.07, 6.45) is -2.59. The number of halogens is 5. The monoisotopic (exact) mass is 457 g/mol. The van der Waals surface area contributed by atoms with Gasteiger partial charge in [-0.15, -0.1) is 0 Å². The summed E-state index contributed by atoms with van der Waals surface area (Å²) in [5, 5.41) is 14.9. The highest BCUT2D eigenvalue weighted by molar-refractivity contribution is 6.30. The number of hydrogen-bond acceptors (Lipinski definition) is 3. The lowest BCUT2D eigenvalue weighted by atomic mass is 9.94. The van der Waals surface area contributed by atoms with Gasteiger partial charge in [-0.3, -0.25) is 10.1 Å². The number of carbonyl (C=O) groups excluding carboxylic acids is 1. The Morgan fingerprint density at radius 2 is 1.71 bits per heavy atom. The van der Waals surface area contributed by atoms with Gasteiger partial charge in [-0.05, 0) is 68.1 Å². The highest BCUT2D eigenvalue weighted by atomic mass is 35.5. The fourth-order valence-electron chi connectivity index (χ4n) is 3.17.